The predicted octanol–water partition coefficient (Wildman–Crippen LogP) is 2.02. The first-order valence-corrected chi connectivity index (χ1v) is 4.91. The van der Waals surface area contributed by atoms with Gasteiger partial charge in [0, 0.05) is 11.3 Å². The lowest BCUT2D eigenvalue weighted by Crippen LogP contribution is -2.21. The van der Waals surface area contributed by atoms with E-state index in [1.54, 1.807) is 4.68 Å². The van der Waals surface area contributed by atoms with Gasteiger partial charge in [0.05, 0.1) is 6.04 Å². The summed E-state index contributed by atoms with van der Waals surface area (Å²) in [6, 6.07) is 0.270. The predicted molar refractivity (Wildman–Crippen MR) is 54.2 cm³/mol. The topological polar surface area (TPSA) is 37.8 Å². The maximum Gasteiger partial charge on any atom is 0.269 e. The monoisotopic (exact) mass is 182 g/mol. The molecule has 0 aromatic carbocycles. The van der Waals surface area contributed by atoms with E-state index in [0.717, 1.165) is 24.1 Å². The Morgan fingerprint density at radius 2 is 2.08 bits per heavy atom. The summed E-state index contributed by atoms with van der Waals surface area (Å²) in [6.07, 6.45) is 1.87. The summed E-state index contributed by atoms with van der Waals surface area (Å²) < 4.78 is 1.73. The second-order valence-electron chi connectivity index (χ2n) is 3.50. The molecule has 1 heterocycles. The van der Waals surface area contributed by atoms with E-state index in [0.29, 0.717) is 0 Å². The summed E-state index contributed by atoms with van der Waals surface area (Å²) in [7, 11) is 0. The van der Waals surface area contributed by atoms with Crippen LogP contribution in [0.25, 0.3) is 0 Å². The van der Waals surface area contributed by atoms with Gasteiger partial charge in [0.25, 0.3) is 5.56 Å². The highest BCUT2D eigenvalue weighted by molar-refractivity contribution is 5.15. The Kier molecular flexibility index (Phi) is 2.96. The Bertz CT molecular complexity index is 335. The summed E-state index contributed by atoms with van der Waals surface area (Å²) in [5.41, 5.74) is 2.05. The van der Waals surface area contributed by atoms with Crippen LogP contribution in [0.1, 0.15) is 44.5 Å². The molecule has 0 aliphatic rings. The van der Waals surface area contributed by atoms with E-state index in [-0.39, 0.29) is 11.6 Å². The van der Waals surface area contributed by atoms with Gasteiger partial charge in [-0.15, -0.1) is 0 Å². The number of hydrogen-bond donors (Lipinski definition) is 1. The normalized spacial score (nSPS) is 13.2. The molecule has 74 valence electrons. The maximum absolute atomic E-state index is 11.7. The molecule has 1 rings (SSSR count). The number of aromatic amines is 1. The molecular weight excluding hydrogens is 164 g/mol. The molecule has 1 aromatic heterocycles. The molecule has 0 radical (unpaired) electrons. The van der Waals surface area contributed by atoms with E-state index in [1.165, 1.54) is 0 Å². The van der Waals surface area contributed by atoms with Gasteiger partial charge < -0.3 is 0 Å². The summed E-state index contributed by atoms with van der Waals surface area (Å²) >= 11 is 0. The third-order valence-corrected chi connectivity index (χ3v) is 2.63. The van der Waals surface area contributed by atoms with E-state index in [1.807, 2.05) is 6.92 Å². The standard InChI is InChI=1S/C10H18N2O/c1-5-7(3)12-10(13)8(4)9(6-2)11-12/h7,11H,5-6H2,1-4H3. The lowest BCUT2D eigenvalue weighted by Gasteiger charge is -2.08. The summed E-state index contributed by atoms with van der Waals surface area (Å²) in [6.45, 7) is 8.07. The van der Waals surface area contributed by atoms with Crippen molar-refractivity contribution >= 4 is 0 Å². The molecule has 13 heavy (non-hydrogen) atoms. The number of nitrogens with one attached hydrogen (secondary N) is 1. The minimum absolute atomic E-state index is 0.131. The van der Waals surface area contributed by atoms with E-state index >= 15 is 0 Å². The fourth-order valence-electron chi connectivity index (χ4n) is 1.43. The Morgan fingerprint density at radius 3 is 2.46 bits per heavy atom. The first-order valence-electron chi connectivity index (χ1n) is 4.91. The Balaban J connectivity index is 3.17. The smallest absolute Gasteiger partial charge is 0.269 e. The molecule has 0 amide bonds. The lowest BCUT2D eigenvalue weighted by atomic mass is 10.2. The zero-order valence-corrected chi connectivity index (χ0v) is 8.85. The first-order chi connectivity index (χ1) is 6.11. The number of hydrogen-bond acceptors (Lipinski definition) is 1. The molecule has 1 aromatic rings. The molecule has 0 saturated carbocycles. The van der Waals surface area contributed by atoms with Crippen molar-refractivity contribution in [2.24, 2.45) is 0 Å². The highest BCUT2D eigenvalue weighted by Crippen LogP contribution is 2.08. The van der Waals surface area contributed by atoms with Crippen molar-refractivity contribution in [3.05, 3.63) is 21.6 Å². The molecule has 1 N–H and O–H groups in total. The van der Waals surface area contributed by atoms with Crippen molar-refractivity contribution in [1.29, 1.82) is 0 Å². The molecule has 1 unspecified atom stereocenters. The average molecular weight is 182 g/mol. The minimum atomic E-state index is 0.131. The largest absolute Gasteiger partial charge is 0.299 e. The average Bonchev–Trinajstić information content (AvgIpc) is 2.43. The molecule has 0 bridgehead atoms. The van der Waals surface area contributed by atoms with E-state index < -0.39 is 0 Å². The molecule has 3 nitrogen and oxygen atoms in total. The first kappa shape index (κ1) is 10.1. The van der Waals surface area contributed by atoms with Gasteiger partial charge in [-0.3, -0.25) is 14.6 Å². The molecule has 0 spiro atoms. The van der Waals surface area contributed by atoms with Crippen LogP contribution >= 0.6 is 0 Å². The van der Waals surface area contributed by atoms with Gasteiger partial charge in [-0.25, -0.2) is 0 Å². The zero-order chi connectivity index (χ0) is 10.0. The van der Waals surface area contributed by atoms with Gasteiger partial charge in [0.1, 0.15) is 0 Å². The quantitative estimate of drug-likeness (QED) is 0.763. The van der Waals surface area contributed by atoms with Gasteiger partial charge in [-0.05, 0) is 26.7 Å². The fraction of sp³-hybridized carbons (Fsp3) is 0.700. The fourth-order valence-corrected chi connectivity index (χ4v) is 1.43. The molecule has 1 atom stereocenters. The van der Waals surface area contributed by atoms with Crippen LogP contribution in [0.4, 0.5) is 0 Å². The Hall–Kier alpha value is -0.990. The molecule has 0 aliphatic heterocycles. The van der Waals surface area contributed by atoms with E-state index in [2.05, 4.69) is 25.9 Å². The van der Waals surface area contributed by atoms with Crippen LogP contribution in [0.15, 0.2) is 4.79 Å². The van der Waals surface area contributed by atoms with Crippen molar-refractivity contribution < 1.29 is 0 Å². The van der Waals surface area contributed by atoms with Gasteiger partial charge in [0.2, 0.25) is 0 Å². The van der Waals surface area contributed by atoms with Crippen LogP contribution in [0.3, 0.4) is 0 Å². The van der Waals surface area contributed by atoms with Crippen LogP contribution in [0.5, 0.6) is 0 Å². The van der Waals surface area contributed by atoms with Crippen molar-refractivity contribution in [1.82, 2.24) is 9.78 Å². The molecular formula is C10H18N2O. The van der Waals surface area contributed by atoms with Crippen LogP contribution < -0.4 is 5.56 Å². The highest BCUT2D eigenvalue weighted by Gasteiger charge is 2.11. The number of nitrogens with zero attached hydrogens (tertiary/aromatic N) is 1. The van der Waals surface area contributed by atoms with Gasteiger partial charge in [-0.1, -0.05) is 13.8 Å². The van der Waals surface area contributed by atoms with Crippen molar-refractivity contribution in [3.8, 4) is 0 Å². The van der Waals surface area contributed by atoms with Crippen LogP contribution in [-0.4, -0.2) is 9.78 Å². The lowest BCUT2D eigenvalue weighted by molar-refractivity contribution is 0.461. The molecule has 3 heteroatoms. The van der Waals surface area contributed by atoms with E-state index in [4.69, 9.17) is 0 Å². The number of rotatable bonds is 3. The minimum Gasteiger partial charge on any atom is -0.299 e. The molecule has 0 fully saturated rings. The van der Waals surface area contributed by atoms with Crippen LogP contribution in [-0.2, 0) is 6.42 Å². The Labute approximate surface area is 78.8 Å². The SMILES string of the molecule is CCc1[nH]n(C(C)CC)c(=O)c1C. The highest BCUT2D eigenvalue weighted by atomic mass is 16.1. The van der Waals surface area contributed by atoms with Crippen molar-refractivity contribution in [2.45, 2.75) is 46.6 Å². The third-order valence-electron chi connectivity index (χ3n) is 2.63. The van der Waals surface area contributed by atoms with Crippen molar-refractivity contribution in [2.75, 3.05) is 0 Å². The van der Waals surface area contributed by atoms with Gasteiger partial charge in [-0.2, -0.15) is 0 Å². The third kappa shape index (κ3) is 1.69. The van der Waals surface area contributed by atoms with Gasteiger partial charge >= 0.3 is 0 Å². The number of aromatic nitrogens is 2. The van der Waals surface area contributed by atoms with E-state index in [9.17, 15) is 4.79 Å². The van der Waals surface area contributed by atoms with Gasteiger partial charge in [0.15, 0.2) is 0 Å². The van der Waals surface area contributed by atoms with Crippen molar-refractivity contribution in [3.63, 3.8) is 0 Å². The Morgan fingerprint density at radius 1 is 1.46 bits per heavy atom. The van der Waals surface area contributed by atoms with Crippen LogP contribution in [0, 0.1) is 6.92 Å². The second kappa shape index (κ2) is 3.81. The zero-order valence-electron chi connectivity index (χ0n) is 8.85. The summed E-state index contributed by atoms with van der Waals surface area (Å²) in [4.78, 5) is 11.7. The summed E-state index contributed by atoms with van der Waals surface area (Å²) in [5.74, 6) is 0. The summed E-state index contributed by atoms with van der Waals surface area (Å²) in [5, 5.41) is 3.15. The molecule has 0 aliphatic carbocycles. The number of aryl methyl sites for hydroxylation is 1. The number of H-pyrrole nitrogens is 1. The second-order valence-corrected chi connectivity index (χ2v) is 3.50. The van der Waals surface area contributed by atoms with Crippen LogP contribution in [0.2, 0.25) is 0 Å². The maximum atomic E-state index is 11.7. The molecule has 0 saturated heterocycles.